The number of nitrogens with zero attached hydrogens (tertiary/aromatic N) is 3. The molecule has 0 spiro atoms. The van der Waals surface area contributed by atoms with E-state index in [2.05, 4.69) is 64.6 Å². The van der Waals surface area contributed by atoms with Crippen LogP contribution in [0.25, 0.3) is 11.4 Å². The first-order valence-corrected chi connectivity index (χ1v) is 12.6. The van der Waals surface area contributed by atoms with Gasteiger partial charge in [0.05, 0.1) is 0 Å². The molecule has 0 saturated carbocycles. The molecule has 2 N–H and O–H groups in total. The summed E-state index contributed by atoms with van der Waals surface area (Å²) >= 11 is 5.39. The number of carbonyl (C=O) groups is 1. The van der Waals surface area contributed by atoms with Crippen LogP contribution >= 0.6 is 12.2 Å². The third-order valence-electron chi connectivity index (χ3n) is 6.46. The highest BCUT2D eigenvalue weighted by Crippen LogP contribution is 2.23. The molecule has 4 rings (SSSR count). The van der Waals surface area contributed by atoms with Gasteiger partial charge < -0.3 is 5.32 Å². The Bertz CT molecular complexity index is 1160. The summed E-state index contributed by atoms with van der Waals surface area (Å²) in [6, 6.07) is 16.7. The fraction of sp³-hybridized carbons (Fsp3) is 0.444. The number of rotatable bonds is 8. The highest BCUT2D eigenvalue weighted by molar-refractivity contribution is 7.71. The molecular weight excluding hydrogens is 442 g/mol. The minimum atomic E-state index is -0.00124. The molecule has 180 valence electrons. The van der Waals surface area contributed by atoms with Gasteiger partial charge in [0.25, 0.3) is 0 Å². The number of benzene rings is 2. The van der Waals surface area contributed by atoms with Crippen LogP contribution in [0.4, 0.5) is 0 Å². The van der Waals surface area contributed by atoms with E-state index in [4.69, 9.17) is 12.2 Å². The molecule has 1 aliphatic heterocycles. The van der Waals surface area contributed by atoms with Gasteiger partial charge in [-0.1, -0.05) is 61.9 Å². The van der Waals surface area contributed by atoms with Crippen molar-refractivity contribution in [2.45, 2.75) is 53.2 Å². The minimum absolute atomic E-state index is 0.00124. The lowest BCUT2D eigenvalue weighted by molar-refractivity contribution is -0.121. The van der Waals surface area contributed by atoms with Crippen molar-refractivity contribution in [1.82, 2.24) is 25.0 Å². The number of aryl methyl sites for hydroxylation is 1. The topological polar surface area (TPSA) is 66.0 Å². The molecule has 1 amide bonds. The second-order valence-electron chi connectivity index (χ2n) is 9.86. The molecule has 2 heterocycles. The molecule has 7 heteroatoms. The van der Waals surface area contributed by atoms with E-state index in [1.54, 1.807) is 0 Å². The number of carbonyl (C=O) groups excluding carboxylic acids is 1. The summed E-state index contributed by atoms with van der Waals surface area (Å²) in [4.78, 5) is 15.1. The van der Waals surface area contributed by atoms with Crippen molar-refractivity contribution < 1.29 is 4.79 Å². The number of piperidine rings is 1. The normalized spacial score (nSPS) is 18.7. The Morgan fingerprint density at radius 1 is 1.12 bits per heavy atom. The Labute approximate surface area is 207 Å². The SMILES string of the molecule is Cc1cccc(-c2n[nH]c(=S)n2CCC(=O)NCc2ccc(CN3CC(C)CC(C)C3)cc2)c1. The van der Waals surface area contributed by atoms with Crippen LogP contribution in [0, 0.1) is 23.5 Å². The molecule has 0 radical (unpaired) electrons. The third-order valence-corrected chi connectivity index (χ3v) is 6.77. The van der Waals surface area contributed by atoms with E-state index >= 15 is 0 Å². The second-order valence-corrected chi connectivity index (χ2v) is 10.2. The molecule has 1 saturated heterocycles. The van der Waals surface area contributed by atoms with Gasteiger partial charge in [0.1, 0.15) is 0 Å². The number of likely N-dealkylation sites (tertiary alicyclic amines) is 1. The van der Waals surface area contributed by atoms with Crippen molar-refractivity contribution in [1.29, 1.82) is 0 Å². The summed E-state index contributed by atoms with van der Waals surface area (Å²) in [7, 11) is 0. The zero-order chi connectivity index (χ0) is 24.1. The summed E-state index contributed by atoms with van der Waals surface area (Å²) in [6.45, 7) is 11.1. The summed E-state index contributed by atoms with van der Waals surface area (Å²) < 4.78 is 2.42. The van der Waals surface area contributed by atoms with Gasteiger partial charge in [0.2, 0.25) is 5.91 Å². The molecule has 1 fully saturated rings. The van der Waals surface area contributed by atoms with E-state index in [1.807, 2.05) is 29.7 Å². The average Bonchev–Trinajstić information content (AvgIpc) is 3.17. The predicted molar refractivity (Wildman–Crippen MR) is 139 cm³/mol. The van der Waals surface area contributed by atoms with Gasteiger partial charge in [0, 0.05) is 44.7 Å². The lowest BCUT2D eigenvalue weighted by Gasteiger charge is -2.35. The minimum Gasteiger partial charge on any atom is -0.352 e. The van der Waals surface area contributed by atoms with Gasteiger partial charge in [0.15, 0.2) is 10.6 Å². The smallest absolute Gasteiger partial charge is 0.222 e. The quantitative estimate of drug-likeness (QED) is 0.443. The van der Waals surface area contributed by atoms with E-state index < -0.39 is 0 Å². The maximum Gasteiger partial charge on any atom is 0.222 e. The number of hydrogen-bond donors (Lipinski definition) is 2. The van der Waals surface area contributed by atoms with Crippen LogP contribution in [-0.4, -0.2) is 38.7 Å². The van der Waals surface area contributed by atoms with Crippen LogP contribution in [0.3, 0.4) is 0 Å². The number of aromatic nitrogens is 3. The number of H-pyrrole nitrogens is 1. The van der Waals surface area contributed by atoms with Gasteiger partial charge in [-0.25, -0.2) is 0 Å². The fourth-order valence-electron chi connectivity index (χ4n) is 4.97. The van der Waals surface area contributed by atoms with Gasteiger partial charge in [-0.05, 0) is 54.6 Å². The number of amides is 1. The van der Waals surface area contributed by atoms with Gasteiger partial charge in [-0.2, -0.15) is 5.10 Å². The number of nitrogens with one attached hydrogen (secondary N) is 2. The molecule has 34 heavy (non-hydrogen) atoms. The standard InChI is InChI=1S/C27H35N5OS/c1-19-5-4-6-24(14-19)26-29-30-27(34)32(26)12-11-25(33)28-15-22-7-9-23(10-8-22)18-31-16-20(2)13-21(3)17-31/h4-10,14,20-21H,11-13,15-18H2,1-3H3,(H,28,33)(H,30,34). The van der Waals surface area contributed by atoms with Crippen molar-refractivity contribution in [2.24, 2.45) is 11.8 Å². The Balaban J connectivity index is 1.27. The van der Waals surface area contributed by atoms with Gasteiger partial charge >= 0.3 is 0 Å². The summed E-state index contributed by atoms with van der Waals surface area (Å²) in [6.07, 6.45) is 1.67. The number of hydrogen-bond acceptors (Lipinski definition) is 4. The van der Waals surface area contributed by atoms with Crippen LogP contribution in [0.5, 0.6) is 0 Å². The first-order chi connectivity index (χ1) is 16.4. The first-order valence-electron chi connectivity index (χ1n) is 12.2. The monoisotopic (exact) mass is 477 g/mol. The lowest BCUT2D eigenvalue weighted by Crippen LogP contribution is -2.38. The van der Waals surface area contributed by atoms with Crippen LogP contribution in [0.2, 0.25) is 0 Å². The largest absolute Gasteiger partial charge is 0.352 e. The molecule has 2 atom stereocenters. The molecule has 1 aliphatic rings. The van der Waals surface area contributed by atoms with E-state index in [0.717, 1.165) is 40.9 Å². The summed E-state index contributed by atoms with van der Waals surface area (Å²) in [5, 5.41) is 10.3. The van der Waals surface area contributed by atoms with Gasteiger partial charge in [-0.15, -0.1) is 0 Å². The van der Waals surface area contributed by atoms with Crippen molar-refractivity contribution in [2.75, 3.05) is 13.1 Å². The molecule has 2 unspecified atom stereocenters. The van der Waals surface area contributed by atoms with E-state index in [0.29, 0.717) is 24.3 Å². The highest BCUT2D eigenvalue weighted by Gasteiger charge is 2.21. The fourth-order valence-corrected chi connectivity index (χ4v) is 5.20. The molecule has 1 aromatic heterocycles. The Morgan fingerprint density at radius 3 is 2.53 bits per heavy atom. The van der Waals surface area contributed by atoms with E-state index in [-0.39, 0.29) is 5.91 Å². The number of aromatic amines is 1. The van der Waals surface area contributed by atoms with Crippen molar-refractivity contribution in [3.63, 3.8) is 0 Å². The molecule has 0 aliphatic carbocycles. The Kier molecular flexibility index (Phi) is 7.95. The molecule has 2 aromatic carbocycles. The average molecular weight is 478 g/mol. The molecule has 0 bridgehead atoms. The maximum absolute atomic E-state index is 12.5. The molecular formula is C27H35N5OS. The molecule has 3 aromatic rings. The van der Waals surface area contributed by atoms with Crippen LogP contribution < -0.4 is 5.32 Å². The van der Waals surface area contributed by atoms with E-state index in [9.17, 15) is 4.79 Å². The Hall–Kier alpha value is -2.77. The lowest BCUT2D eigenvalue weighted by atomic mass is 9.91. The second kappa shape index (κ2) is 11.1. The summed E-state index contributed by atoms with van der Waals surface area (Å²) in [5.74, 6) is 2.29. The van der Waals surface area contributed by atoms with E-state index in [1.165, 1.54) is 25.1 Å². The van der Waals surface area contributed by atoms with Crippen molar-refractivity contribution >= 4 is 18.1 Å². The first kappa shape index (κ1) is 24.4. The maximum atomic E-state index is 12.5. The van der Waals surface area contributed by atoms with Crippen LogP contribution in [0.15, 0.2) is 48.5 Å². The summed E-state index contributed by atoms with van der Waals surface area (Å²) in [5.41, 5.74) is 4.58. The van der Waals surface area contributed by atoms with Crippen molar-refractivity contribution in [3.05, 3.63) is 70.0 Å². The highest BCUT2D eigenvalue weighted by atomic mass is 32.1. The molecule has 6 nitrogen and oxygen atoms in total. The Morgan fingerprint density at radius 2 is 1.82 bits per heavy atom. The zero-order valence-electron chi connectivity index (χ0n) is 20.4. The predicted octanol–water partition coefficient (Wildman–Crippen LogP) is 5.10. The van der Waals surface area contributed by atoms with Gasteiger partial charge in [-0.3, -0.25) is 19.4 Å². The van der Waals surface area contributed by atoms with Crippen LogP contribution in [-0.2, 0) is 24.4 Å². The van der Waals surface area contributed by atoms with Crippen LogP contribution in [0.1, 0.15) is 43.4 Å². The zero-order valence-corrected chi connectivity index (χ0v) is 21.2. The third kappa shape index (κ3) is 6.42. The van der Waals surface area contributed by atoms with Crippen molar-refractivity contribution in [3.8, 4) is 11.4 Å².